The van der Waals surface area contributed by atoms with Gasteiger partial charge in [0, 0.05) is 42.1 Å². The highest BCUT2D eigenvalue weighted by atomic mass is 32.1. The van der Waals surface area contributed by atoms with E-state index in [2.05, 4.69) is 103 Å². The van der Waals surface area contributed by atoms with E-state index in [-0.39, 0.29) is 0 Å². The predicted molar refractivity (Wildman–Crippen MR) is 207 cm³/mol. The lowest BCUT2D eigenvalue weighted by Crippen LogP contribution is -2.00. The van der Waals surface area contributed by atoms with Crippen molar-refractivity contribution in [1.29, 1.82) is 0 Å². The normalized spacial score (nSPS) is 11.6. The minimum absolute atomic E-state index is 0.578. The molecule has 0 aliphatic carbocycles. The zero-order valence-corrected chi connectivity index (χ0v) is 27.6. The summed E-state index contributed by atoms with van der Waals surface area (Å²) in [4.78, 5) is 15.2. The zero-order valence-electron chi connectivity index (χ0n) is 26.7. The average Bonchev–Trinajstić information content (AvgIpc) is 3.77. The smallest absolute Gasteiger partial charge is 0.167 e. The van der Waals surface area contributed by atoms with Crippen LogP contribution in [0, 0.1) is 0 Å². The molecule has 50 heavy (non-hydrogen) atoms. The van der Waals surface area contributed by atoms with E-state index in [1.165, 1.54) is 42.4 Å². The largest absolute Gasteiger partial charge is 0.455 e. The highest BCUT2D eigenvalue weighted by molar-refractivity contribution is 7.26. The van der Waals surface area contributed by atoms with Crippen LogP contribution in [0.4, 0.5) is 0 Å². The molecule has 5 heteroatoms. The van der Waals surface area contributed by atoms with E-state index in [1.807, 2.05) is 72.0 Å². The quantitative estimate of drug-likeness (QED) is 0.185. The van der Waals surface area contributed by atoms with E-state index in [0.29, 0.717) is 17.5 Å². The molecule has 0 saturated heterocycles. The third-order valence-electron chi connectivity index (χ3n) is 9.35. The van der Waals surface area contributed by atoms with Gasteiger partial charge < -0.3 is 4.42 Å². The Morgan fingerprint density at radius 3 is 1.84 bits per heavy atom. The molecule has 0 N–H and O–H groups in total. The van der Waals surface area contributed by atoms with Crippen LogP contribution in [0.2, 0.25) is 0 Å². The maximum Gasteiger partial charge on any atom is 0.167 e. The molecule has 0 bridgehead atoms. The van der Waals surface area contributed by atoms with Crippen molar-refractivity contribution in [2.75, 3.05) is 0 Å². The van der Waals surface area contributed by atoms with Crippen LogP contribution in [0.5, 0.6) is 0 Å². The minimum Gasteiger partial charge on any atom is -0.455 e. The van der Waals surface area contributed by atoms with Gasteiger partial charge in [0.1, 0.15) is 11.2 Å². The summed E-state index contributed by atoms with van der Waals surface area (Å²) in [5.41, 5.74) is 9.18. The van der Waals surface area contributed by atoms with Gasteiger partial charge in [-0.3, -0.25) is 0 Å². The van der Waals surface area contributed by atoms with Crippen LogP contribution < -0.4 is 0 Å². The van der Waals surface area contributed by atoms with Crippen LogP contribution in [-0.2, 0) is 0 Å². The molecule has 0 unspecified atom stereocenters. The van der Waals surface area contributed by atoms with Crippen molar-refractivity contribution in [3.8, 4) is 56.4 Å². The van der Waals surface area contributed by atoms with Crippen LogP contribution in [0.1, 0.15) is 0 Å². The molecule has 0 spiro atoms. The number of furan rings is 1. The van der Waals surface area contributed by atoms with Gasteiger partial charge in [-0.15, -0.1) is 11.3 Å². The second kappa shape index (κ2) is 11.6. The Balaban J connectivity index is 1.14. The van der Waals surface area contributed by atoms with Crippen molar-refractivity contribution in [1.82, 2.24) is 15.0 Å². The van der Waals surface area contributed by atoms with Gasteiger partial charge in [-0.05, 0) is 58.7 Å². The molecule has 0 atom stereocenters. The number of fused-ring (bicyclic) bond motifs is 6. The van der Waals surface area contributed by atoms with E-state index in [0.717, 1.165) is 38.6 Å². The molecule has 10 rings (SSSR count). The van der Waals surface area contributed by atoms with E-state index in [9.17, 15) is 0 Å². The molecule has 234 valence electrons. The molecule has 0 aliphatic rings. The first-order chi connectivity index (χ1) is 24.8. The fourth-order valence-electron chi connectivity index (χ4n) is 6.93. The molecule has 0 fully saturated rings. The Morgan fingerprint density at radius 1 is 0.380 bits per heavy atom. The topological polar surface area (TPSA) is 51.8 Å². The highest BCUT2D eigenvalue weighted by Crippen LogP contribution is 2.42. The van der Waals surface area contributed by atoms with Gasteiger partial charge >= 0.3 is 0 Å². The standard InChI is InChI=1S/C45H27N3OS/c1-3-12-28(13-4-1)30-16-9-17-31(26-30)33-19-10-21-36-38-27-32(24-25-40(38)50-42(33)36)44-46-43(29-14-5-2-6-15-29)47-45(48-44)37-22-11-20-35-34-18-7-8-23-39(34)49-41(35)37/h1-27H. The van der Waals surface area contributed by atoms with E-state index >= 15 is 0 Å². The summed E-state index contributed by atoms with van der Waals surface area (Å²) in [5, 5.41) is 4.52. The van der Waals surface area contributed by atoms with Crippen LogP contribution in [0.15, 0.2) is 168 Å². The fourth-order valence-corrected chi connectivity index (χ4v) is 8.15. The molecular formula is C45H27N3OS. The molecule has 3 heterocycles. The molecule has 10 aromatic rings. The monoisotopic (exact) mass is 657 g/mol. The highest BCUT2D eigenvalue weighted by Gasteiger charge is 2.19. The van der Waals surface area contributed by atoms with E-state index in [4.69, 9.17) is 19.4 Å². The second-order valence-electron chi connectivity index (χ2n) is 12.4. The van der Waals surface area contributed by atoms with Gasteiger partial charge in [0.05, 0.1) is 5.56 Å². The summed E-state index contributed by atoms with van der Waals surface area (Å²) in [6, 6.07) is 56.9. The van der Waals surface area contributed by atoms with Gasteiger partial charge in [-0.1, -0.05) is 127 Å². The lowest BCUT2D eigenvalue weighted by atomic mass is 9.98. The van der Waals surface area contributed by atoms with Crippen molar-refractivity contribution >= 4 is 53.4 Å². The van der Waals surface area contributed by atoms with Gasteiger partial charge in [0.2, 0.25) is 0 Å². The fraction of sp³-hybridized carbons (Fsp3) is 0. The molecule has 0 radical (unpaired) electrons. The number of thiophene rings is 1. The van der Waals surface area contributed by atoms with Crippen molar-refractivity contribution in [3.05, 3.63) is 164 Å². The molecular weight excluding hydrogens is 631 g/mol. The summed E-state index contributed by atoms with van der Waals surface area (Å²) in [7, 11) is 0. The summed E-state index contributed by atoms with van der Waals surface area (Å²) >= 11 is 1.83. The summed E-state index contributed by atoms with van der Waals surface area (Å²) in [5.74, 6) is 1.82. The third kappa shape index (κ3) is 4.79. The van der Waals surface area contributed by atoms with Crippen LogP contribution in [0.25, 0.3) is 98.5 Å². The molecule has 0 saturated carbocycles. The summed E-state index contributed by atoms with van der Waals surface area (Å²) in [6.45, 7) is 0. The first-order valence-electron chi connectivity index (χ1n) is 16.6. The summed E-state index contributed by atoms with van der Waals surface area (Å²) in [6.07, 6.45) is 0. The number of para-hydroxylation sites is 2. The Labute approximate surface area is 292 Å². The molecule has 7 aromatic carbocycles. The molecule has 4 nitrogen and oxygen atoms in total. The lowest BCUT2D eigenvalue weighted by Gasteiger charge is -2.09. The zero-order chi connectivity index (χ0) is 33.0. The van der Waals surface area contributed by atoms with Crippen LogP contribution in [-0.4, -0.2) is 15.0 Å². The van der Waals surface area contributed by atoms with Gasteiger partial charge in [0.15, 0.2) is 17.5 Å². The van der Waals surface area contributed by atoms with Crippen LogP contribution >= 0.6 is 11.3 Å². The van der Waals surface area contributed by atoms with Crippen molar-refractivity contribution in [2.24, 2.45) is 0 Å². The Hall–Kier alpha value is -6.43. The Bertz CT molecular complexity index is 2870. The number of rotatable bonds is 5. The number of hydrogen-bond donors (Lipinski definition) is 0. The van der Waals surface area contributed by atoms with Crippen molar-refractivity contribution in [2.45, 2.75) is 0 Å². The number of hydrogen-bond acceptors (Lipinski definition) is 5. The Morgan fingerprint density at radius 2 is 1.00 bits per heavy atom. The average molecular weight is 658 g/mol. The van der Waals surface area contributed by atoms with Crippen molar-refractivity contribution < 1.29 is 4.42 Å². The third-order valence-corrected chi connectivity index (χ3v) is 10.6. The van der Waals surface area contributed by atoms with Crippen molar-refractivity contribution in [3.63, 3.8) is 0 Å². The van der Waals surface area contributed by atoms with Gasteiger partial charge in [-0.2, -0.15) is 0 Å². The van der Waals surface area contributed by atoms with Gasteiger partial charge in [0.25, 0.3) is 0 Å². The predicted octanol–water partition coefficient (Wildman–Crippen LogP) is 12.5. The minimum atomic E-state index is 0.578. The molecule has 0 amide bonds. The number of nitrogens with zero attached hydrogens (tertiary/aromatic N) is 3. The Kier molecular flexibility index (Phi) is 6.64. The van der Waals surface area contributed by atoms with Gasteiger partial charge in [-0.25, -0.2) is 15.0 Å². The second-order valence-corrected chi connectivity index (χ2v) is 13.4. The first kappa shape index (κ1) is 28.6. The van der Waals surface area contributed by atoms with E-state index < -0.39 is 0 Å². The maximum atomic E-state index is 6.41. The molecule has 0 aliphatic heterocycles. The SMILES string of the molecule is c1ccc(-c2cccc(-c3cccc4c3sc3ccc(-c5nc(-c6ccccc6)nc(-c6cccc7c6oc6ccccc67)n5)cc34)c2)cc1. The summed E-state index contributed by atoms with van der Waals surface area (Å²) < 4.78 is 8.89. The molecule has 3 aromatic heterocycles. The lowest BCUT2D eigenvalue weighted by molar-refractivity contribution is 0.669. The maximum absolute atomic E-state index is 6.41. The van der Waals surface area contributed by atoms with Crippen LogP contribution in [0.3, 0.4) is 0 Å². The number of aromatic nitrogens is 3. The number of benzene rings is 7. The van der Waals surface area contributed by atoms with E-state index in [1.54, 1.807) is 0 Å². The first-order valence-corrected chi connectivity index (χ1v) is 17.4.